The average Bonchev–Trinajstić information content (AvgIpc) is 3.05. The molecule has 0 spiro atoms. The maximum Gasteiger partial charge on any atom is 0.333 e. The molecule has 3 rings (SSSR count). The van der Waals surface area contributed by atoms with E-state index in [0.29, 0.717) is 5.56 Å². The number of sulfonamides is 1. The van der Waals surface area contributed by atoms with Crippen LogP contribution in [-0.2, 0) is 19.6 Å². The monoisotopic (exact) mass is 429 g/mol. The van der Waals surface area contributed by atoms with E-state index in [2.05, 4.69) is 0 Å². The minimum atomic E-state index is -4.17. The summed E-state index contributed by atoms with van der Waals surface area (Å²) in [6, 6.07) is 13.8. The van der Waals surface area contributed by atoms with Crippen LogP contribution in [0.3, 0.4) is 0 Å². The lowest BCUT2D eigenvalue weighted by Crippen LogP contribution is -2.55. The molecule has 0 saturated heterocycles. The van der Waals surface area contributed by atoms with Gasteiger partial charge in [0.05, 0.1) is 17.2 Å². The Kier molecular flexibility index (Phi) is 6.06. The Morgan fingerprint density at radius 2 is 1.73 bits per heavy atom. The van der Waals surface area contributed by atoms with Crippen molar-refractivity contribution >= 4 is 21.7 Å². The first-order valence-electron chi connectivity index (χ1n) is 9.91. The van der Waals surface area contributed by atoms with Gasteiger partial charge in [-0.3, -0.25) is 0 Å². The molecule has 0 saturated carbocycles. The molecule has 2 atom stereocenters. The standard InChI is InChI=1S/C23H27NO5S/c1-5-29-22(25)21-23(26,16(2)3)15-20(18-9-7-6-8-10-18)24(21)30(27,28)19-13-11-17(4)12-14-19/h6-16,21,26H,5H2,1-4H3/t21-,23-/m0/s1. The third-order valence-electron chi connectivity index (χ3n) is 5.36. The largest absolute Gasteiger partial charge is 0.464 e. The van der Waals surface area contributed by atoms with Gasteiger partial charge in [0.25, 0.3) is 10.0 Å². The lowest BCUT2D eigenvalue weighted by molar-refractivity contribution is -0.154. The zero-order chi connectivity index (χ0) is 22.1. The molecule has 1 aliphatic heterocycles. The van der Waals surface area contributed by atoms with Gasteiger partial charge in [-0.25, -0.2) is 17.5 Å². The lowest BCUT2D eigenvalue weighted by Gasteiger charge is -2.36. The molecule has 30 heavy (non-hydrogen) atoms. The van der Waals surface area contributed by atoms with Gasteiger partial charge >= 0.3 is 5.97 Å². The highest BCUT2D eigenvalue weighted by Gasteiger charge is 2.56. The number of esters is 1. The predicted octanol–water partition coefficient (Wildman–Crippen LogP) is 3.36. The van der Waals surface area contributed by atoms with Gasteiger partial charge in [-0.05, 0) is 43.5 Å². The van der Waals surface area contributed by atoms with Gasteiger partial charge < -0.3 is 9.84 Å². The molecule has 0 aromatic heterocycles. The normalized spacial score (nSPS) is 21.6. The maximum absolute atomic E-state index is 13.7. The fourth-order valence-electron chi connectivity index (χ4n) is 3.59. The van der Waals surface area contributed by atoms with Crippen LogP contribution in [0.2, 0.25) is 0 Å². The van der Waals surface area contributed by atoms with Crippen LogP contribution in [0.4, 0.5) is 0 Å². The first-order chi connectivity index (χ1) is 14.1. The number of carbonyl (C=O) groups excluding carboxylic acids is 1. The molecule has 1 aliphatic rings. The van der Waals surface area contributed by atoms with Crippen molar-refractivity contribution in [3.05, 3.63) is 71.8 Å². The summed E-state index contributed by atoms with van der Waals surface area (Å²) < 4.78 is 33.7. The smallest absolute Gasteiger partial charge is 0.333 e. The number of nitrogens with zero attached hydrogens (tertiary/aromatic N) is 1. The Bertz CT molecular complexity index is 1040. The van der Waals surface area contributed by atoms with E-state index in [4.69, 9.17) is 4.74 Å². The molecule has 0 aliphatic carbocycles. The Hall–Kier alpha value is -2.64. The second kappa shape index (κ2) is 8.24. The number of aliphatic hydroxyl groups is 1. The fraction of sp³-hybridized carbons (Fsp3) is 0.348. The van der Waals surface area contributed by atoms with Gasteiger partial charge in [0.1, 0.15) is 5.60 Å². The first-order valence-corrected chi connectivity index (χ1v) is 11.3. The molecule has 160 valence electrons. The van der Waals surface area contributed by atoms with Gasteiger partial charge in [-0.15, -0.1) is 0 Å². The van der Waals surface area contributed by atoms with Crippen LogP contribution < -0.4 is 0 Å². The first kappa shape index (κ1) is 22.1. The molecule has 2 aromatic rings. The Morgan fingerprint density at radius 3 is 2.27 bits per heavy atom. The summed E-state index contributed by atoms with van der Waals surface area (Å²) in [5.41, 5.74) is 0.0224. The van der Waals surface area contributed by atoms with Crippen LogP contribution in [0.15, 0.2) is 65.6 Å². The van der Waals surface area contributed by atoms with Crippen LogP contribution in [0.25, 0.3) is 5.70 Å². The highest BCUT2D eigenvalue weighted by Crippen LogP contribution is 2.44. The summed E-state index contributed by atoms with van der Waals surface area (Å²) >= 11 is 0. The summed E-state index contributed by atoms with van der Waals surface area (Å²) in [5.74, 6) is -1.23. The fourth-order valence-corrected chi connectivity index (χ4v) is 5.24. The molecule has 0 radical (unpaired) electrons. The van der Waals surface area contributed by atoms with E-state index in [1.807, 2.05) is 13.0 Å². The van der Waals surface area contributed by atoms with Crippen LogP contribution >= 0.6 is 0 Å². The topological polar surface area (TPSA) is 83.9 Å². The molecule has 0 amide bonds. The van der Waals surface area contributed by atoms with E-state index < -0.39 is 33.6 Å². The number of rotatable bonds is 6. The van der Waals surface area contributed by atoms with Crippen molar-refractivity contribution < 1.29 is 23.1 Å². The summed E-state index contributed by atoms with van der Waals surface area (Å²) in [6.45, 7) is 7.06. The van der Waals surface area contributed by atoms with E-state index in [-0.39, 0.29) is 17.2 Å². The molecule has 6 nitrogen and oxygen atoms in total. The van der Waals surface area contributed by atoms with E-state index in [9.17, 15) is 18.3 Å². The van der Waals surface area contributed by atoms with Crippen molar-refractivity contribution in [3.63, 3.8) is 0 Å². The third-order valence-corrected chi connectivity index (χ3v) is 7.15. The van der Waals surface area contributed by atoms with Crippen LogP contribution in [0.1, 0.15) is 31.9 Å². The van der Waals surface area contributed by atoms with Gasteiger partial charge in [0.15, 0.2) is 6.04 Å². The highest BCUT2D eigenvalue weighted by molar-refractivity contribution is 7.89. The van der Waals surface area contributed by atoms with Crippen LogP contribution in [-0.4, -0.2) is 42.0 Å². The molecule has 7 heteroatoms. The van der Waals surface area contributed by atoms with E-state index >= 15 is 0 Å². The summed E-state index contributed by atoms with van der Waals surface area (Å²) in [7, 11) is -4.17. The van der Waals surface area contributed by atoms with Gasteiger partial charge in [-0.2, -0.15) is 0 Å². The number of carbonyl (C=O) groups is 1. The number of benzene rings is 2. The summed E-state index contributed by atoms with van der Waals surface area (Å²) in [6.07, 6.45) is 1.47. The molecule has 1 heterocycles. The Labute approximate surface area is 177 Å². The minimum Gasteiger partial charge on any atom is -0.464 e. The Balaban J connectivity index is 2.26. The van der Waals surface area contributed by atoms with Crippen LogP contribution in [0, 0.1) is 12.8 Å². The van der Waals surface area contributed by atoms with E-state index in [1.165, 1.54) is 18.2 Å². The zero-order valence-electron chi connectivity index (χ0n) is 17.6. The van der Waals surface area contributed by atoms with Gasteiger partial charge in [0, 0.05) is 0 Å². The SMILES string of the molecule is CCOC(=O)[C@@H]1N(S(=O)(=O)c2ccc(C)cc2)C(c2ccccc2)=C[C@]1(O)C(C)C. The molecule has 0 bridgehead atoms. The van der Waals surface area contributed by atoms with Crippen molar-refractivity contribution in [2.75, 3.05) is 6.61 Å². The molecule has 0 fully saturated rings. The van der Waals surface area contributed by atoms with E-state index in [0.717, 1.165) is 9.87 Å². The second-order valence-electron chi connectivity index (χ2n) is 7.71. The molecular weight excluding hydrogens is 402 g/mol. The predicted molar refractivity (Wildman–Crippen MR) is 115 cm³/mol. The number of ether oxygens (including phenoxy) is 1. The zero-order valence-corrected chi connectivity index (χ0v) is 18.4. The highest BCUT2D eigenvalue weighted by atomic mass is 32.2. The molecule has 0 unspecified atom stereocenters. The minimum absolute atomic E-state index is 0.0391. The van der Waals surface area contributed by atoms with Crippen LogP contribution in [0.5, 0.6) is 0 Å². The molecule has 2 aromatic carbocycles. The average molecular weight is 430 g/mol. The number of aryl methyl sites for hydroxylation is 1. The summed E-state index contributed by atoms with van der Waals surface area (Å²) in [5, 5.41) is 11.5. The quantitative estimate of drug-likeness (QED) is 0.712. The maximum atomic E-state index is 13.7. The van der Waals surface area contributed by atoms with E-state index in [1.54, 1.807) is 57.2 Å². The number of hydrogen-bond acceptors (Lipinski definition) is 5. The Morgan fingerprint density at radius 1 is 1.13 bits per heavy atom. The molecular formula is C23H27NO5S. The third kappa shape index (κ3) is 3.75. The second-order valence-corrected chi connectivity index (χ2v) is 9.52. The van der Waals surface area contributed by atoms with Crippen molar-refractivity contribution in [3.8, 4) is 0 Å². The van der Waals surface area contributed by atoms with Gasteiger partial charge in [0.2, 0.25) is 0 Å². The van der Waals surface area contributed by atoms with Crippen molar-refractivity contribution in [1.82, 2.24) is 4.31 Å². The number of hydrogen-bond donors (Lipinski definition) is 1. The molecule has 1 N–H and O–H groups in total. The van der Waals surface area contributed by atoms with Crippen molar-refractivity contribution in [2.45, 2.75) is 44.2 Å². The van der Waals surface area contributed by atoms with Crippen molar-refractivity contribution in [1.29, 1.82) is 0 Å². The lowest BCUT2D eigenvalue weighted by atomic mass is 9.85. The van der Waals surface area contributed by atoms with Gasteiger partial charge in [-0.1, -0.05) is 61.9 Å². The van der Waals surface area contributed by atoms with Crippen molar-refractivity contribution in [2.24, 2.45) is 5.92 Å². The summed E-state index contributed by atoms with van der Waals surface area (Å²) in [4.78, 5) is 13.0.